The fourth-order valence-electron chi connectivity index (χ4n) is 1.24. The van der Waals surface area contributed by atoms with E-state index in [1.807, 2.05) is 25.1 Å². The molecule has 0 atom stereocenters. The molecule has 0 saturated carbocycles. The molecule has 0 aliphatic carbocycles. The van der Waals surface area contributed by atoms with Crippen molar-refractivity contribution in [1.29, 1.82) is 0 Å². The van der Waals surface area contributed by atoms with Gasteiger partial charge in [0.1, 0.15) is 5.75 Å². The van der Waals surface area contributed by atoms with Crippen LogP contribution in [-0.4, -0.2) is 17.7 Å². The minimum Gasteiger partial charge on any atom is -0.492 e. The zero-order chi connectivity index (χ0) is 12.8. The van der Waals surface area contributed by atoms with Crippen LogP contribution in [0.2, 0.25) is 0 Å². The molecule has 0 aliphatic rings. The summed E-state index contributed by atoms with van der Waals surface area (Å²) in [7, 11) is 0. The lowest BCUT2D eigenvalue weighted by Gasteiger charge is -2.08. The molecule has 0 heterocycles. The van der Waals surface area contributed by atoms with Crippen molar-refractivity contribution in [3.05, 3.63) is 32.9 Å². The topological polar surface area (TPSA) is 46.5 Å². The smallest absolute Gasteiger partial charge is 0.331 e. The van der Waals surface area contributed by atoms with Crippen LogP contribution < -0.4 is 4.74 Å². The lowest BCUT2D eigenvalue weighted by atomic mass is 10.1. The molecule has 4 heteroatoms. The van der Waals surface area contributed by atoms with Gasteiger partial charge in [-0.3, -0.25) is 0 Å². The molecular formula is C13H15IO3. The van der Waals surface area contributed by atoms with E-state index in [-0.39, 0.29) is 0 Å². The van der Waals surface area contributed by atoms with Gasteiger partial charge in [-0.2, -0.15) is 0 Å². The van der Waals surface area contributed by atoms with Gasteiger partial charge in [-0.05, 0) is 59.7 Å². The van der Waals surface area contributed by atoms with Gasteiger partial charge in [-0.1, -0.05) is 13.0 Å². The third-order valence-corrected chi connectivity index (χ3v) is 3.03. The summed E-state index contributed by atoms with van der Waals surface area (Å²) >= 11 is 2.20. The number of carboxylic acids is 1. The van der Waals surface area contributed by atoms with E-state index in [9.17, 15) is 4.79 Å². The second-order valence-electron chi connectivity index (χ2n) is 3.67. The van der Waals surface area contributed by atoms with Crippen molar-refractivity contribution in [1.82, 2.24) is 0 Å². The predicted octanol–water partition coefficient (Wildman–Crippen LogP) is 3.57. The average Bonchev–Trinajstić information content (AvgIpc) is 2.29. The zero-order valence-corrected chi connectivity index (χ0v) is 12.0. The summed E-state index contributed by atoms with van der Waals surface area (Å²) in [6.45, 7) is 4.29. The van der Waals surface area contributed by atoms with E-state index >= 15 is 0 Å². The molecule has 0 bridgehead atoms. The summed E-state index contributed by atoms with van der Waals surface area (Å²) in [5.41, 5.74) is 1.16. The maximum absolute atomic E-state index is 10.7. The number of aliphatic carboxylic acids is 1. The number of hydrogen-bond donors (Lipinski definition) is 1. The molecule has 0 unspecified atom stereocenters. The molecule has 17 heavy (non-hydrogen) atoms. The first-order valence-electron chi connectivity index (χ1n) is 5.38. The van der Waals surface area contributed by atoms with Crippen LogP contribution in [0.3, 0.4) is 0 Å². The molecule has 92 valence electrons. The third kappa shape index (κ3) is 4.38. The Kier molecular flexibility index (Phi) is 5.47. The van der Waals surface area contributed by atoms with Crippen LogP contribution in [-0.2, 0) is 4.79 Å². The predicted molar refractivity (Wildman–Crippen MR) is 76.2 cm³/mol. The highest BCUT2D eigenvalue weighted by atomic mass is 127. The molecule has 1 rings (SSSR count). The monoisotopic (exact) mass is 346 g/mol. The van der Waals surface area contributed by atoms with Crippen molar-refractivity contribution >= 4 is 34.6 Å². The maximum Gasteiger partial charge on any atom is 0.331 e. The quantitative estimate of drug-likeness (QED) is 0.655. The maximum atomic E-state index is 10.7. The number of rotatable bonds is 5. The van der Waals surface area contributed by atoms with E-state index < -0.39 is 5.97 Å². The summed E-state index contributed by atoms with van der Waals surface area (Å²) in [5, 5.41) is 8.81. The number of ether oxygens (including phenoxy) is 1. The molecule has 0 aromatic heterocycles. The molecule has 0 aliphatic heterocycles. The summed E-state index contributed by atoms with van der Waals surface area (Å²) < 4.78 is 6.61. The highest BCUT2D eigenvalue weighted by Crippen LogP contribution is 2.23. The molecule has 3 nitrogen and oxygen atoms in total. The molecular weight excluding hydrogens is 331 g/mol. The summed E-state index contributed by atoms with van der Waals surface area (Å²) in [6.07, 6.45) is 2.58. The van der Waals surface area contributed by atoms with Gasteiger partial charge in [0.2, 0.25) is 0 Å². The van der Waals surface area contributed by atoms with Crippen molar-refractivity contribution in [3.63, 3.8) is 0 Å². The Morgan fingerprint density at radius 1 is 1.53 bits per heavy atom. The van der Waals surface area contributed by atoms with Crippen molar-refractivity contribution in [2.45, 2.75) is 20.3 Å². The Morgan fingerprint density at radius 2 is 2.24 bits per heavy atom. The third-order valence-electron chi connectivity index (χ3n) is 2.14. The van der Waals surface area contributed by atoms with Crippen molar-refractivity contribution in [2.24, 2.45) is 0 Å². The summed E-state index contributed by atoms with van der Waals surface area (Å²) in [4.78, 5) is 10.7. The van der Waals surface area contributed by atoms with E-state index in [2.05, 4.69) is 22.6 Å². The van der Waals surface area contributed by atoms with Crippen molar-refractivity contribution < 1.29 is 14.6 Å². The molecule has 0 radical (unpaired) electrons. The Labute approximate surface area is 115 Å². The Morgan fingerprint density at radius 3 is 2.82 bits per heavy atom. The molecule has 1 aromatic rings. The van der Waals surface area contributed by atoms with Crippen molar-refractivity contribution in [2.75, 3.05) is 6.61 Å². The number of carboxylic acid groups (broad SMARTS) is 1. The molecule has 1 N–H and O–H groups in total. The number of hydrogen-bond acceptors (Lipinski definition) is 2. The van der Waals surface area contributed by atoms with Crippen LogP contribution in [0.1, 0.15) is 25.8 Å². The fourth-order valence-corrected chi connectivity index (χ4v) is 1.74. The summed E-state index contributed by atoms with van der Waals surface area (Å²) in [5.74, 6) is -0.0982. The highest BCUT2D eigenvalue weighted by molar-refractivity contribution is 14.1. The Bertz CT molecular complexity index is 438. The van der Waals surface area contributed by atoms with Gasteiger partial charge < -0.3 is 9.84 Å². The molecule has 1 aromatic carbocycles. The van der Waals surface area contributed by atoms with Gasteiger partial charge in [0.25, 0.3) is 0 Å². The zero-order valence-electron chi connectivity index (χ0n) is 9.87. The van der Waals surface area contributed by atoms with Gasteiger partial charge >= 0.3 is 5.97 Å². The first kappa shape index (κ1) is 14.0. The van der Waals surface area contributed by atoms with Crippen molar-refractivity contribution in [3.8, 4) is 5.75 Å². The minimum absolute atomic E-state index is 0.313. The lowest BCUT2D eigenvalue weighted by Crippen LogP contribution is -1.98. The van der Waals surface area contributed by atoms with E-state index in [0.717, 1.165) is 21.3 Å². The van der Waals surface area contributed by atoms with Crippen LogP contribution in [0.25, 0.3) is 6.08 Å². The molecule has 0 spiro atoms. The van der Waals surface area contributed by atoms with Crippen LogP contribution in [0.4, 0.5) is 0 Å². The van der Waals surface area contributed by atoms with E-state index in [4.69, 9.17) is 9.84 Å². The minimum atomic E-state index is -0.903. The summed E-state index contributed by atoms with van der Waals surface area (Å²) in [6, 6.07) is 5.67. The second-order valence-corrected chi connectivity index (χ2v) is 4.83. The van der Waals surface area contributed by atoms with Gasteiger partial charge in [0.15, 0.2) is 0 Å². The van der Waals surface area contributed by atoms with Gasteiger partial charge in [0, 0.05) is 5.57 Å². The van der Waals surface area contributed by atoms with E-state index in [0.29, 0.717) is 12.2 Å². The highest BCUT2D eigenvalue weighted by Gasteiger charge is 2.04. The van der Waals surface area contributed by atoms with Gasteiger partial charge in [-0.15, -0.1) is 0 Å². The SMILES string of the molecule is CCCOc1cc(C=C(C)C(=O)O)ccc1I. The van der Waals surface area contributed by atoms with Crippen LogP contribution in [0.15, 0.2) is 23.8 Å². The fraction of sp³-hybridized carbons (Fsp3) is 0.308. The van der Waals surface area contributed by atoms with Gasteiger partial charge in [-0.25, -0.2) is 4.79 Å². The first-order valence-corrected chi connectivity index (χ1v) is 6.46. The van der Waals surface area contributed by atoms with E-state index in [1.165, 1.54) is 0 Å². The van der Waals surface area contributed by atoms with Crippen LogP contribution >= 0.6 is 22.6 Å². The molecule has 0 saturated heterocycles. The number of halogens is 1. The average molecular weight is 346 g/mol. The van der Waals surface area contributed by atoms with E-state index in [1.54, 1.807) is 13.0 Å². The van der Waals surface area contributed by atoms with Gasteiger partial charge in [0.05, 0.1) is 10.2 Å². The van der Waals surface area contributed by atoms with Crippen LogP contribution in [0.5, 0.6) is 5.75 Å². The number of carbonyl (C=O) groups is 1. The van der Waals surface area contributed by atoms with Crippen LogP contribution in [0, 0.1) is 3.57 Å². The second kappa shape index (κ2) is 6.64. The Balaban J connectivity index is 2.96. The normalized spacial score (nSPS) is 11.4. The molecule has 0 fully saturated rings. The molecule has 0 amide bonds. The largest absolute Gasteiger partial charge is 0.492 e. The standard InChI is InChI=1S/C13H15IO3/c1-3-6-17-12-8-10(4-5-11(12)14)7-9(2)13(15)16/h4-5,7-8H,3,6H2,1-2H3,(H,15,16). The first-order chi connectivity index (χ1) is 8.04. The number of benzene rings is 1. The lowest BCUT2D eigenvalue weighted by molar-refractivity contribution is -0.132. The Hall–Kier alpha value is -1.04.